The average Bonchev–Trinajstić information content (AvgIpc) is 2.02. The van der Waals surface area contributed by atoms with Crippen LogP contribution in [0.1, 0.15) is 34.1 Å². The van der Waals surface area contributed by atoms with Gasteiger partial charge in [0.05, 0.1) is 6.61 Å². The Kier molecular flexibility index (Phi) is 8.20. The lowest BCUT2D eigenvalue weighted by molar-refractivity contribution is 0.139. The van der Waals surface area contributed by atoms with E-state index in [2.05, 4.69) is 33.0 Å². The zero-order valence-electron chi connectivity index (χ0n) is 10.5. The Morgan fingerprint density at radius 3 is 2.07 bits per heavy atom. The Hall–Kier alpha value is -0.0800. The summed E-state index contributed by atoms with van der Waals surface area (Å²) in [4.78, 5) is 0. The zero-order valence-corrected chi connectivity index (χ0v) is 10.5. The van der Waals surface area contributed by atoms with Gasteiger partial charge in [0, 0.05) is 13.7 Å². The summed E-state index contributed by atoms with van der Waals surface area (Å²) >= 11 is 0. The molecule has 0 radical (unpaired) electrons. The largest absolute Gasteiger partial charge is 0.384 e. The number of hydrogen-bond donors (Lipinski definition) is 1. The summed E-state index contributed by atoms with van der Waals surface area (Å²) in [6.07, 6.45) is 1.25. The van der Waals surface area contributed by atoms with E-state index in [9.17, 15) is 0 Å². The first-order chi connectivity index (χ1) is 6.56. The van der Waals surface area contributed by atoms with Crippen molar-refractivity contribution in [2.24, 2.45) is 17.8 Å². The average molecular weight is 201 g/mol. The topological polar surface area (TPSA) is 21.3 Å². The van der Waals surface area contributed by atoms with Crippen LogP contribution in [0, 0.1) is 17.8 Å². The lowest BCUT2D eigenvalue weighted by Gasteiger charge is -2.19. The fourth-order valence-corrected chi connectivity index (χ4v) is 1.69. The summed E-state index contributed by atoms with van der Waals surface area (Å²) in [6.45, 7) is 12.1. The van der Waals surface area contributed by atoms with Gasteiger partial charge >= 0.3 is 0 Å². The van der Waals surface area contributed by atoms with Crippen LogP contribution in [0.15, 0.2) is 0 Å². The van der Waals surface area contributed by atoms with E-state index in [1.807, 2.05) is 0 Å². The number of rotatable bonds is 8. The first-order valence-electron chi connectivity index (χ1n) is 5.75. The molecule has 1 N–H and O–H groups in total. The Morgan fingerprint density at radius 1 is 1.00 bits per heavy atom. The minimum Gasteiger partial charge on any atom is -0.384 e. The molecule has 0 aliphatic carbocycles. The van der Waals surface area contributed by atoms with Gasteiger partial charge in [-0.25, -0.2) is 0 Å². The number of hydrogen-bond acceptors (Lipinski definition) is 2. The SMILES string of the molecule is COCC(CNCC(C)C)CC(C)C. The predicted octanol–water partition coefficient (Wildman–Crippen LogP) is 2.54. The minimum atomic E-state index is 0.666. The summed E-state index contributed by atoms with van der Waals surface area (Å²) in [5.74, 6) is 2.16. The van der Waals surface area contributed by atoms with Crippen molar-refractivity contribution in [1.82, 2.24) is 5.32 Å². The highest BCUT2D eigenvalue weighted by Gasteiger charge is 2.10. The maximum atomic E-state index is 5.22. The van der Waals surface area contributed by atoms with Gasteiger partial charge in [-0.1, -0.05) is 27.7 Å². The van der Waals surface area contributed by atoms with Gasteiger partial charge in [0.15, 0.2) is 0 Å². The molecule has 0 spiro atoms. The second-order valence-electron chi connectivity index (χ2n) is 5.00. The fraction of sp³-hybridized carbons (Fsp3) is 1.00. The maximum Gasteiger partial charge on any atom is 0.0502 e. The summed E-state index contributed by atoms with van der Waals surface area (Å²) < 4.78 is 5.22. The highest BCUT2D eigenvalue weighted by Crippen LogP contribution is 2.11. The van der Waals surface area contributed by atoms with Crippen molar-refractivity contribution in [3.05, 3.63) is 0 Å². The second kappa shape index (κ2) is 8.25. The highest BCUT2D eigenvalue weighted by atomic mass is 16.5. The van der Waals surface area contributed by atoms with E-state index in [1.165, 1.54) is 6.42 Å². The molecular weight excluding hydrogens is 174 g/mol. The molecule has 1 atom stereocenters. The van der Waals surface area contributed by atoms with Gasteiger partial charge in [-0.15, -0.1) is 0 Å². The molecule has 0 fully saturated rings. The maximum absolute atomic E-state index is 5.22. The van der Waals surface area contributed by atoms with E-state index in [0.29, 0.717) is 5.92 Å². The van der Waals surface area contributed by atoms with Gasteiger partial charge < -0.3 is 10.1 Å². The van der Waals surface area contributed by atoms with Crippen LogP contribution in [-0.4, -0.2) is 26.8 Å². The van der Waals surface area contributed by atoms with Crippen molar-refractivity contribution in [2.75, 3.05) is 26.8 Å². The third kappa shape index (κ3) is 8.52. The summed E-state index contributed by atoms with van der Waals surface area (Å²) in [6, 6.07) is 0. The fourth-order valence-electron chi connectivity index (χ4n) is 1.69. The molecule has 0 aromatic rings. The summed E-state index contributed by atoms with van der Waals surface area (Å²) in [7, 11) is 1.79. The molecule has 0 heterocycles. The molecular formula is C12H27NO. The molecule has 0 saturated heterocycles. The first kappa shape index (κ1) is 13.9. The van der Waals surface area contributed by atoms with Crippen LogP contribution < -0.4 is 5.32 Å². The van der Waals surface area contributed by atoms with Crippen LogP contribution in [0.5, 0.6) is 0 Å². The van der Waals surface area contributed by atoms with Crippen molar-refractivity contribution >= 4 is 0 Å². The molecule has 0 amide bonds. The van der Waals surface area contributed by atoms with Crippen molar-refractivity contribution in [3.8, 4) is 0 Å². The van der Waals surface area contributed by atoms with Gasteiger partial charge in [-0.3, -0.25) is 0 Å². The molecule has 1 unspecified atom stereocenters. The number of nitrogens with one attached hydrogen (secondary N) is 1. The molecule has 14 heavy (non-hydrogen) atoms. The monoisotopic (exact) mass is 201 g/mol. The van der Waals surface area contributed by atoms with E-state index < -0.39 is 0 Å². The molecule has 0 aliphatic heterocycles. The van der Waals surface area contributed by atoms with Crippen LogP contribution in [0.3, 0.4) is 0 Å². The van der Waals surface area contributed by atoms with E-state index in [1.54, 1.807) is 7.11 Å². The summed E-state index contributed by atoms with van der Waals surface area (Å²) in [5, 5.41) is 3.50. The molecule has 0 saturated carbocycles. The van der Waals surface area contributed by atoms with Crippen molar-refractivity contribution in [2.45, 2.75) is 34.1 Å². The lowest BCUT2D eigenvalue weighted by atomic mass is 9.97. The molecule has 2 nitrogen and oxygen atoms in total. The van der Waals surface area contributed by atoms with Crippen LogP contribution >= 0.6 is 0 Å². The van der Waals surface area contributed by atoms with Gasteiger partial charge in [0.2, 0.25) is 0 Å². The molecule has 0 aliphatic rings. The van der Waals surface area contributed by atoms with Crippen LogP contribution in [-0.2, 0) is 4.74 Å². The standard InChI is InChI=1S/C12H27NO/c1-10(2)6-12(9-14-5)8-13-7-11(3)4/h10-13H,6-9H2,1-5H3. The molecule has 0 aromatic heterocycles. The van der Waals surface area contributed by atoms with Gasteiger partial charge in [-0.05, 0) is 30.7 Å². The van der Waals surface area contributed by atoms with Gasteiger partial charge in [-0.2, -0.15) is 0 Å². The molecule has 0 bridgehead atoms. The van der Waals surface area contributed by atoms with Crippen molar-refractivity contribution in [3.63, 3.8) is 0 Å². The number of ether oxygens (including phenoxy) is 1. The van der Waals surface area contributed by atoms with Crippen LogP contribution in [0.4, 0.5) is 0 Å². The predicted molar refractivity (Wildman–Crippen MR) is 62.5 cm³/mol. The van der Waals surface area contributed by atoms with E-state index >= 15 is 0 Å². The Bertz CT molecular complexity index is 123. The normalized spacial score (nSPS) is 13.9. The lowest BCUT2D eigenvalue weighted by Crippen LogP contribution is -2.29. The van der Waals surface area contributed by atoms with E-state index in [4.69, 9.17) is 4.74 Å². The van der Waals surface area contributed by atoms with Crippen LogP contribution in [0.25, 0.3) is 0 Å². The molecule has 0 rings (SSSR count). The molecule has 86 valence electrons. The van der Waals surface area contributed by atoms with Gasteiger partial charge in [0.25, 0.3) is 0 Å². The second-order valence-corrected chi connectivity index (χ2v) is 5.00. The summed E-state index contributed by atoms with van der Waals surface area (Å²) in [5.41, 5.74) is 0. The number of methoxy groups -OCH3 is 1. The minimum absolute atomic E-state index is 0.666. The molecule has 0 aromatic carbocycles. The Balaban J connectivity index is 3.61. The highest BCUT2D eigenvalue weighted by molar-refractivity contribution is 4.64. The third-order valence-corrected chi connectivity index (χ3v) is 2.19. The first-order valence-corrected chi connectivity index (χ1v) is 5.75. The van der Waals surface area contributed by atoms with Crippen molar-refractivity contribution in [1.29, 1.82) is 0 Å². The zero-order chi connectivity index (χ0) is 11.0. The van der Waals surface area contributed by atoms with Gasteiger partial charge in [0.1, 0.15) is 0 Å². The quantitative estimate of drug-likeness (QED) is 0.651. The third-order valence-electron chi connectivity index (χ3n) is 2.19. The molecule has 2 heteroatoms. The Labute approximate surface area is 89.4 Å². The van der Waals surface area contributed by atoms with E-state index in [0.717, 1.165) is 31.5 Å². The van der Waals surface area contributed by atoms with Crippen molar-refractivity contribution < 1.29 is 4.74 Å². The van der Waals surface area contributed by atoms with Crippen LogP contribution in [0.2, 0.25) is 0 Å². The smallest absolute Gasteiger partial charge is 0.0502 e. The Morgan fingerprint density at radius 2 is 1.64 bits per heavy atom. The van der Waals surface area contributed by atoms with E-state index in [-0.39, 0.29) is 0 Å².